The van der Waals surface area contributed by atoms with Gasteiger partial charge in [-0.25, -0.2) is 4.98 Å². The number of likely N-dealkylation sites (N-methyl/N-ethyl adjacent to an activating group) is 1. The van der Waals surface area contributed by atoms with Crippen LogP contribution in [0.2, 0.25) is 0 Å². The Morgan fingerprint density at radius 3 is 2.69 bits per heavy atom. The highest BCUT2D eigenvalue weighted by Crippen LogP contribution is 2.40. The average molecular weight is 442 g/mol. The van der Waals surface area contributed by atoms with Gasteiger partial charge >= 0.3 is 5.97 Å². The summed E-state index contributed by atoms with van der Waals surface area (Å²) in [6, 6.07) is 1.87. The fourth-order valence-electron chi connectivity index (χ4n) is 4.46. The number of nitrogens with zero attached hydrogens (tertiary/aromatic N) is 5. The largest absolute Gasteiger partial charge is 0.466 e. The van der Waals surface area contributed by atoms with Crippen LogP contribution in [0.15, 0.2) is 6.07 Å². The highest BCUT2D eigenvalue weighted by molar-refractivity contribution is 6.07. The zero-order chi connectivity index (χ0) is 23.0. The lowest BCUT2D eigenvalue weighted by atomic mass is 9.98. The Hall–Kier alpha value is -2.97. The van der Waals surface area contributed by atoms with E-state index in [0.717, 1.165) is 42.5 Å². The van der Waals surface area contributed by atoms with Crippen LogP contribution >= 0.6 is 0 Å². The first kappa shape index (κ1) is 22.2. The van der Waals surface area contributed by atoms with Gasteiger partial charge in [0.25, 0.3) is 5.91 Å². The van der Waals surface area contributed by atoms with Crippen LogP contribution in [0.25, 0.3) is 11.0 Å². The molecule has 2 fully saturated rings. The molecule has 0 spiro atoms. The number of ether oxygens (including phenoxy) is 1. The number of fused-ring (bicyclic) bond motifs is 1. The number of aromatic nitrogens is 3. The number of amides is 2. The van der Waals surface area contributed by atoms with Crippen molar-refractivity contribution < 1.29 is 19.1 Å². The lowest BCUT2D eigenvalue weighted by molar-refractivity contribution is -0.151. The second-order valence-electron chi connectivity index (χ2n) is 8.87. The van der Waals surface area contributed by atoms with Crippen molar-refractivity contribution in [1.82, 2.24) is 24.6 Å². The van der Waals surface area contributed by atoms with Gasteiger partial charge in [0.05, 0.1) is 35.7 Å². The molecule has 2 aromatic heterocycles. The highest BCUT2D eigenvalue weighted by Gasteiger charge is 2.32. The number of rotatable bonds is 6. The maximum atomic E-state index is 13.4. The molecule has 32 heavy (non-hydrogen) atoms. The number of carbonyl (C=O) groups excluding carboxylic acids is 3. The van der Waals surface area contributed by atoms with Gasteiger partial charge < -0.3 is 14.5 Å². The van der Waals surface area contributed by atoms with Crippen molar-refractivity contribution in [3.63, 3.8) is 0 Å². The summed E-state index contributed by atoms with van der Waals surface area (Å²) in [5, 5.41) is 5.19. The molecule has 1 saturated heterocycles. The lowest BCUT2D eigenvalue weighted by Gasteiger charge is -2.32. The molecule has 0 aromatic carbocycles. The molecular weight excluding hydrogens is 410 g/mol. The van der Waals surface area contributed by atoms with Gasteiger partial charge in [-0.15, -0.1) is 0 Å². The van der Waals surface area contributed by atoms with Crippen molar-refractivity contribution in [1.29, 1.82) is 0 Å². The zero-order valence-corrected chi connectivity index (χ0v) is 19.3. The third kappa shape index (κ3) is 4.33. The molecule has 1 aliphatic heterocycles. The first-order valence-electron chi connectivity index (χ1n) is 11.3. The van der Waals surface area contributed by atoms with Gasteiger partial charge in [0.1, 0.15) is 0 Å². The Bertz CT molecular complexity index is 1060. The second-order valence-corrected chi connectivity index (χ2v) is 8.87. The number of pyridine rings is 1. The van der Waals surface area contributed by atoms with E-state index < -0.39 is 0 Å². The molecule has 1 atom stereocenters. The molecule has 1 saturated carbocycles. The van der Waals surface area contributed by atoms with Crippen molar-refractivity contribution in [3.05, 3.63) is 23.0 Å². The van der Waals surface area contributed by atoms with E-state index in [2.05, 4.69) is 5.10 Å². The standard InChI is InChI=1S/C23H31N5O4/c1-5-32-23(31)16-7-6-10-28(12-16)19(29)13-26(3)22(30)17-11-18(15-8-9-15)24-21-20(17)14(2)25-27(21)4/h11,15-16H,5-10,12-13H2,1-4H3. The van der Waals surface area contributed by atoms with Crippen LogP contribution in [-0.4, -0.2) is 75.6 Å². The molecule has 1 unspecified atom stereocenters. The molecule has 2 amide bonds. The number of carbonyl (C=O) groups is 3. The van der Waals surface area contributed by atoms with Gasteiger partial charge in [0.2, 0.25) is 5.91 Å². The number of esters is 1. The minimum absolute atomic E-state index is 0.0454. The number of aryl methyl sites for hydroxylation is 2. The van der Waals surface area contributed by atoms with Crippen LogP contribution in [0.3, 0.4) is 0 Å². The smallest absolute Gasteiger partial charge is 0.310 e. The number of piperidine rings is 1. The van der Waals surface area contributed by atoms with E-state index in [-0.39, 0.29) is 30.2 Å². The first-order valence-corrected chi connectivity index (χ1v) is 11.3. The number of hydrogen-bond donors (Lipinski definition) is 0. The summed E-state index contributed by atoms with van der Waals surface area (Å²) in [5.74, 6) is -0.546. The summed E-state index contributed by atoms with van der Waals surface area (Å²) in [6.07, 6.45) is 3.62. The molecule has 0 bridgehead atoms. The molecule has 1 aliphatic carbocycles. The van der Waals surface area contributed by atoms with E-state index in [0.29, 0.717) is 36.8 Å². The molecule has 2 aliphatic rings. The van der Waals surface area contributed by atoms with E-state index in [1.807, 2.05) is 20.0 Å². The Morgan fingerprint density at radius 2 is 2.00 bits per heavy atom. The predicted molar refractivity (Wildman–Crippen MR) is 118 cm³/mol. The summed E-state index contributed by atoms with van der Waals surface area (Å²) < 4.78 is 6.83. The van der Waals surface area contributed by atoms with Crippen LogP contribution < -0.4 is 0 Å². The predicted octanol–water partition coefficient (Wildman–Crippen LogP) is 2.03. The Morgan fingerprint density at radius 1 is 1.25 bits per heavy atom. The molecule has 9 nitrogen and oxygen atoms in total. The SMILES string of the molecule is CCOC(=O)C1CCCN(C(=O)CN(C)C(=O)c2cc(C3CC3)nc3c2c(C)nn3C)C1. The zero-order valence-electron chi connectivity index (χ0n) is 19.3. The summed E-state index contributed by atoms with van der Waals surface area (Å²) >= 11 is 0. The van der Waals surface area contributed by atoms with Crippen LogP contribution in [0.4, 0.5) is 0 Å². The monoisotopic (exact) mass is 441 g/mol. The molecule has 9 heteroatoms. The van der Waals surface area contributed by atoms with Crippen LogP contribution in [0, 0.1) is 12.8 Å². The first-order chi connectivity index (χ1) is 15.3. The van der Waals surface area contributed by atoms with E-state index >= 15 is 0 Å². The van der Waals surface area contributed by atoms with Crippen LogP contribution in [0.1, 0.15) is 60.3 Å². The quantitative estimate of drug-likeness (QED) is 0.636. The average Bonchev–Trinajstić information content (AvgIpc) is 3.59. The van der Waals surface area contributed by atoms with Crippen LogP contribution in [-0.2, 0) is 21.4 Å². The van der Waals surface area contributed by atoms with E-state index in [9.17, 15) is 14.4 Å². The van der Waals surface area contributed by atoms with Crippen LogP contribution in [0.5, 0.6) is 0 Å². The highest BCUT2D eigenvalue weighted by atomic mass is 16.5. The van der Waals surface area contributed by atoms with E-state index in [4.69, 9.17) is 9.72 Å². The molecular formula is C23H31N5O4. The molecule has 4 rings (SSSR count). The van der Waals surface area contributed by atoms with Crippen molar-refractivity contribution in [2.75, 3.05) is 33.3 Å². The topological polar surface area (TPSA) is 97.6 Å². The van der Waals surface area contributed by atoms with Gasteiger partial charge in [-0.2, -0.15) is 5.10 Å². The Balaban J connectivity index is 1.51. The summed E-state index contributed by atoms with van der Waals surface area (Å²) in [6.45, 7) is 4.86. The van der Waals surface area contributed by atoms with E-state index in [1.54, 1.807) is 23.6 Å². The molecule has 172 valence electrons. The van der Waals surface area contributed by atoms with E-state index in [1.165, 1.54) is 4.90 Å². The minimum Gasteiger partial charge on any atom is -0.466 e. The minimum atomic E-state index is -0.298. The molecule has 0 radical (unpaired) electrons. The second kappa shape index (κ2) is 8.88. The van der Waals surface area contributed by atoms with Gasteiger partial charge in [-0.3, -0.25) is 19.1 Å². The normalized spacial score (nSPS) is 18.6. The molecule has 2 aromatic rings. The third-order valence-corrected chi connectivity index (χ3v) is 6.33. The maximum Gasteiger partial charge on any atom is 0.310 e. The third-order valence-electron chi connectivity index (χ3n) is 6.33. The van der Waals surface area contributed by atoms with Crippen molar-refractivity contribution in [2.24, 2.45) is 13.0 Å². The fourth-order valence-corrected chi connectivity index (χ4v) is 4.46. The Labute approximate surface area is 187 Å². The van der Waals surface area contributed by atoms with Gasteiger partial charge in [0, 0.05) is 38.8 Å². The van der Waals surface area contributed by atoms with Crippen molar-refractivity contribution in [2.45, 2.75) is 45.4 Å². The Kier molecular flexibility index (Phi) is 6.17. The van der Waals surface area contributed by atoms with Gasteiger partial charge in [-0.1, -0.05) is 0 Å². The number of likely N-dealkylation sites (tertiary alicyclic amines) is 1. The van der Waals surface area contributed by atoms with Crippen molar-refractivity contribution >= 4 is 28.8 Å². The molecule has 3 heterocycles. The lowest BCUT2D eigenvalue weighted by Crippen LogP contribution is -2.47. The number of hydrogen-bond acceptors (Lipinski definition) is 6. The van der Waals surface area contributed by atoms with Gasteiger partial charge in [0.15, 0.2) is 5.65 Å². The molecule has 0 N–H and O–H groups in total. The van der Waals surface area contributed by atoms with Crippen molar-refractivity contribution in [3.8, 4) is 0 Å². The van der Waals surface area contributed by atoms with Gasteiger partial charge in [-0.05, 0) is 45.6 Å². The summed E-state index contributed by atoms with van der Waals surface area (Å²) in [7, 11) is 3.47. The fraction of sp³-hybridized carbons (Fsp3) is 0.609. The maximum absolute atomic E-state index is 13.4. The summed E-state index contributed by atoms with van der Waals surface area (Å²) in [5.41, 5.74) is 2.90. The summed E-state index contributed by atoms with van der Waals surface area (Å²) in [4.78, 5) is 46.3.